The number of rotatable bonds is 5. The predicted molar refractivity (Wildman–Crippen MR) is 85.5 cm³/mol. The van der Waals surface area contributed by atoms with E-state index in [2.05, 4.69) is 6.07 Å². The monoisotopic (exact) mass is 308 g/mol. The molecule has 0 spiro atoms. The van der Waals surface area contributed by atoms with Gasteiger partial charge in [0, 0.05) is 10.5 Å². The van der Waals surface area contributed by atoms with Crippen molar-refractivity contribution in [2.45, 2.75) is 10.3 Å². The Bertz CT molecular complexity index is 586. The molecule has 2 nitrogen and oxygen atoms in total. The fraction of sp³-hybridized carbons (Fsp3) is 0.250. The van der Waals surface area contributed by atoms with Crippen molar-refractivity contribution in [2.24, 2.45) is 0 Å². The van der Waals surface area contributed by atoms with Gasteiger partial charge in [0.15, 0.2) is 0 Å². The number of hydrogen-bond acceptors (Lipinski definition) is 3. The highest BCUT2D eigenvalue weighted by Gasteiger charge is 2.19. The first kappa shape index (κ1) is 15.1. The van der Waals surface area contributed by atoms with Crippen LogP contribution in [0, 0.1) is 0 Å². The molecule has 1 unspecified atom stereocenters. The van der Waals surface area contributed by atoms with Crippen LogP contribution >= 0.6 is 23.4 Å². The van der Waals surface area contributed by atoms with E-state index < -0.39 is 0 Å². The van der Waals surface area contributed by atoms with E-state index in [9.17, 15) is 0 Å². The summed E-state index contributed by atoms with van der Waals surface area (Å²) in [5.74, 6) is 1.54. The van der Waals surface area contributed by atoms with Gasteiger partial charge in [-0.25, -0.2) is 0 Å². The molecule has 1 atom stereocenters. The van der Waals surface area contributed by atoms with Crippen molar-refractivity contribution in [2.75, 3.05) is 20.5 Å². The molecule has 20 heavy (non-hydrogen) atoms. The summed E-state index contributed by atoms with van der Waals surface area (Å²) in [5.41, 5.74) is 1.99. The Labute approximate surface area is 129 Å². The second-order valence-electron chi connectivity index (χ2n) is 4.21. The standard InChI is InChI=1S/C16H17ClO2S/c1-18-11-8-9-14(19-2)13(10-11)16(17)12-6-4-5-7-15(12)20-3/h4-10,16H,1-3H3. The lowest BCUT2D eigenvalue weighted by atomic mass is 10.0. The zero-order chi connectivity index (χ0) is 14.5. The summed E-state index contributed by atoms with van der Waals surface area (Å²) < 4.78 is 10.7. The van der Waals surface area contributed by atoms with Crippen molar-refractivity contribution in [3.05, 3.63) is 53.6 Å². The molecule has 0 bridgehead atoms. The molecule has 2 rings (SSSR count). The van der Waals surface area contributed by atoms with E-state index in [0.717, 1.165) is 27.5 Å². The maximum atomic E-state index is 6.68. The third-order valence-corrected chi connectivity index (χ3v) is 4.40. The summed E-state index contributed by atoms with van der Waals surface area (Å²) in [7, 11) is 3.29. The first-order chi connectivity index (χ1) is 9.71. The number of hydrogen-bond donors (Lipinski definition) is 0. The lowest BCUT2D eigenvalue weighted by Crippen LogP contribution is -2.00. The Morgan fingerprint density at radius 3 is 2.40 bits per heavy atom. The smallest absolute Gasteiger partial charge is 0.124 e. The minimum Gasteiger partial charge on any atom is -0.497 e. The average Bonchev–Trinajstić information content (AvgIpc) is 2.53. The van der Waals surface area contributed by atoms with Gasteiger partial charge in [-0.2, -0.15) is 0 Å². The van der Waals surface area contributed by atoms with Gasteiger partial charge in [0.05, 0.1) is 19.6 Å². The van der Waals surface area contributed by atoms with E-state index in [1.54, 1.807) is 26.0 Å². The average molecular weight is 309 g/mol. The second-order valence-corrected chi connectivity index (χ2v) is 5.50. The normalized spacial score (nSPS) is 12.0. The first-order valence-electron chi connectivity index (χ1n) is 6.20. The fourth-order valence-corrected chi connectivity index (χ4v) is 3.14. The van der Waals surface area contributed by atoms with Gasteiger partial charge in [-0.05, 0) is 36.1 Å². The van der Waals surface area contributed by atoms with E-state index >= 15 is 0 Å². The molecule has 0 aliphatic carbocycles. The molecule has 0 amide bonds. The summed E-state index contributed by atoms with van der Waals surface area (Å²) >= 11 is 8.36. The van der Waals surface area contributed by atoms with Gasteiger partial charge in [-0.15, -0.1) is 23.4 Å². The van der Waals surface area contributed by atoms with E-state index in [1.165, 1.54) is 0 Å². The molecule has 0 aromatic heterocycles. The Balaban J connectivity index is 2.49. The molecule has 0 aliphatic heterocycles. The van der Waals surface area contributed by atoms with Crippen molar-refractivity contribution in [3.8, 4) is 11.5 Å². The van der Waals surface area contributed by atoms with Crippen LogP contribution in [0.5, 0.6) is 11.5 Å². The molecule has 0 aliphatic rings. The van der Waals surface area contributed by atoms with E-state index in [1.807, 2.05) is 42.7 Å². The van der Waals surface area contributed by atoms with Gasteiger partial charge < -0.3 is 9.47 Å². The second kappa shape index (κ2) is 6.91. The van der Waals surface area contributed by atoms with E-state index in [-0.39, 0.29) is 5.38 Å². The number of benzene rings is 2. The molecule has 0 radical (unpaired) electrons. The van der Waals surface area contributed by atoms with Crippen LogP contribution in [0.2, 0.25) is 0 Å². The van der Waals surface area contributed by atoms with E-state index in [4.69, 9.17) is 21.1 Å². The summed E-state index contributed by atoms with van der Waals surface area (Å²) in [5, 5.41) is -0.274. The molecule has 0 fully saturated rings. The van der Waals surface area contributed by atoms with Crippen molar-refractivity contribution < 1.29 is 9.47 Å². The summed E-state index contributed by atoms with van der Waals surface area (Å²) in [4.78, 5) is 1.16. The highest BCUT2D eigenvalue weighted by atomic mass is 35.5. The molecule has 0 saturated heterocycles. The maximum absolute atomic E-state index is 6.68. The zero-order valence-electron chi connectivity index (χ0n) is 11.7. The van der Waals surface area contributed by atoms with Crippen LogP contribution in [0.4, 0.5) is 0 Å². The van der Waals surface area contributed by atoms with Crippen LogP contribution in [0.15, 0.2) is 47.4 Å². The summed E-state index contributed by atoms with van der Waals surface area (Å²) in [6, 6.07) is 13.8. The number of ether oxygens (including phenoxy) is 2. The van der Waals surface area contributed by atoms with Crippen LogP contribution < -0.4 is 9.47 Å². The van der Waals surface area contributed by atoms with Crippen molar-refractivity contribution in [3.63, 3.8) is 0 Å². The molecule has 0 heterocycles. The van der Waals surface area contributed by atoms with Crippen molar-refractivity contribution >= 4 is 23.4 Å². The number of methoxy groups -OCH3 is 2. The highest BCUT2D eigenvalue weighted by Crippen LogP contribution is 2.40. The lowest BCUT2D eigenvalue weighted by Gasteiger charge is -2.17. The Morgan fingerprint density at radius 1 is 1.00 bits per heavy atom. The largest absolute Gasteiger partial charge is 0.497 e. The van der Waals surface area contributed by atoms with Crippen LogP contribution in [0.3, 0.4) is 0 Å². The third-order valence-electron chi connectivity index (χ3n) is 3.12. The maximum Gasteiger partial charge on any atom is 0.124 e. The Hall–Kier alpha value is -1.32. The number of alkyl halides is 1. The molecule has 0 N–H and O–H groups in total. The Morgan fingerprint density at radius 2 is 1.75 bits per heavy atom. The molecular formula is C16H17ClO2S. The topological polar surface area (TPSA) is 18.5 Å². The number of halogens is 1. The molecule has 106 valence electrons. The van der Waals surface area contributed by atoms with Gasteiger partial charge in [0.2, 0.25) is 0 Å². The minimum absolute atomic E-state index is 0.274. The van der Waals surface area contributed by atoms with Gasteiger partial charge >= 0.3 is 0 Å². The first-order valence-corrected chi connectivity index (χ1v) is 7.86. The molecule has 2 aromatic rings. The Kier molecular flexibility index (Phi) is 5.21. The van der Waals surface area contributed by atoms with Crippen LogP contribution in [0.25, 0.3) is 0 Å². The molecule has 4 heteroatoms. The van der Waals surface area contributed by atoms with Crippen LogP contribution in [-0.4, -0.2) is 20.5 Å². The summed E-state index contributed by atoms with van der Waals surface area (Å²) in [6.45, 7) is 0. The molecule has 0 saturated carbocycles. The summed E-state index contributed by atoms with van der Waals surface area (Å²) in [6.07, 6.45) is 2.05. The van der Waals surface area contributed by atoms with Gasteiger partial charge in [-0.3, -0.25) is 0 Å². The molecular weight excluding hydrogens is 292 g/mol. The molecule has 2 aromatic carbocycles. The number of thioether (sulfide) groups is 1. The zero-order valence-corrected chi connectivity index (χ0v) is 13.3. The minimum atomic E-state index is -0.274. The van der Waals surface area contributed by atoms with Gasteiger partial charge in [0.25, 0.3) is 0 Å². The third kappa shape index (κ3) is 3.05. The van der Waals surface area contributed by atoms with Gasteiger partial charge in [0.1, 0.15) is 11.5 Å². The predicted octanol–water partition coefficient (Wildman–Crippen LogP) is 4.75. The fourth-order valence-electron chi connectivity index (χ4n) is 2.08. The van der Waals surface area contributed by atoms with Crippen molar-refractivity contribution in [1.29, 1.82) is 0 Å². The van der Waals surface area contributed by atoms with Gasteiger partial charge in [-0.1, -0.05) is 18.2 Å². The highest BCUT2D eigenvalue weighted by molar-refractivity contribution is 7.98. The SMILES string of the molecule is COc1ccc(OC)c(C(Cl)c2ccccc2SC)c1. The van der Waals surface area contributed by atoms with Crippen LogP contribution in [0.1, 0.15) is 16.5 Å². The van der Waals surface area contributed by atoms with Crippen molar-refractivity contribution in [1.82, 2.24) is 0 Å². The van der Waals surface area contributed by atoms with Crippen LogP contribution in [-0.2, 0) is 0 Å². The quantitative estimate of drug-likeness (QED) is 0.586. The lowest BCUT2D eigenvalue weighted by molar-refractivity contribution is 0.399. The van der Waals surface area contributed by atoms with E-state index in [0.29, 0.717) is 0 Å².